The van der Waals surface area contributed by atoms with Gasteiger partial charge in [0.2, 0.25) is 0 Å². The van der Waals surface area contributed by atoms with Gasteiger partial charge in [-0.15, -0.1) is 0 Å². The zero-order valence-electron chi connectivity index (χ0n) is 11.5. The summed E-state index contributed by atoms with van der Waals surface area (Å²) in [6, 6.07) is 6.13. The van der Waals surface area contributed by atoms with Crippen molar-refractivity contribution in [2.24, 2.45) is 5.92 Å². The fourth-order valence-corrected chi connectivity index (χ4v) is 2.51. The second-order valence-corrected chi connectivity index (χ2v) is 5.42. The van der Waals surface area contributed by atoms with Crippen LogP contribution in [0.3, 0.4) is 0 Å². The summed E-state index contributed by atoms with van der Waals surface area (Å²) in [7, 11) is 0. The Morgan fingerprint density at radius 3 is 3.00 bits per heavy atom. The number of likely N-dealkylation sites (tertiary alicyclic amines) is 1. The molecule has 2 rings (SSSR count). The topological polar surface area (TPSA) is 32.3 Å². The van der Waals surface area contributed by atoms with Crippen LogP contribution in [-0.2, 0) is 0 Å². The number of amides is 2. The Kier molecular flexibility index (Phi) is 4.40. The van der Waals surface area contributed by atoms with Crippen molar-refractivity contribution >= 4 is 6.03 Å². The van der Waals surface area contributed by atoms with Crippen LogP contribution >= 0.6 is 0 Å². The zero-order valence-corrected chi connectivity index (χ0v) is 11.5. The Morgan fingerprint density at radius 2 is 2.32 bits per heavy atom. The molecule has 1 aromatic rings. The van der Waals surface area contributed by atoms with Crippen LogP contribution in [0.15, 0.2) is 24.3 Å². The van der Waals surface area contributed by atoms with Gasteiger partial charge in [-0.3, -0.25) is 0 Å². The number of halogens is 1. The molecule has 1 aliphatic heterocycles. The van der Waals surface area contributed by atoms with Crippen LogP contribution in [0.25, 0.3) is 0 Å². The van der Waals surface area contributed by atoms with E-state index in [2.05, 4.69) is 12.2 Å². The zero-order chi connectivity index (χ0) is 13.8. The predicted molar refractivity (Wildman–Crippen MR) is 73.3 cm³/mol. The number of benzene rings is 1. The minimum Gasteiger partial charge on any atom is -0.331 e. The number of rotatable bonds is 2. The second kappa shape index (κ2) is 6.04. The summed E-state index contributed by atoms with van der Waals surface area (Å²) in [5.41, 5.74) is 0.790. The third-order valence-electron chi connectivity index (χ3n) is 3.63. The van der Waals surface area contributed by atoms with E-state index in [1.807, 2.05) is 17.9 Å². The number of hydrogen-bond acceptors (Lipinski definition) is 1. The van der Waals surface area contributed by atoms with Crippen molar-refractivity contribution in [3.63, 3.8) is 0 Å². The van der Waals surface area contributed by atoms with Crippen LogP contribution in [0.2, 0.25) is 0 Å². The Morgan fingerprint density at radius 1 is 1.53 bits per heavy atom. The van der Waals surface area contributed by atoms with Crippen molar-refractivity contribution in [3.05, 3.63) is 35.6 Å². The van der Waals surface area contributed by atoms with Crippen molar-refractivity contribution in [1.82, 2.24) is 10.2 Å². The first-order valence-electron chi connectivity index (χ1n) is 6.87. The van der Waals surface area contributed by atoms with Crippen molar-refractivity contribution in [2.45, 2.75) is 32.7 Å². The van der Waals surface area contributed by atoms with E-state index in [0.29, 0.717) is 5.92 Å². The van der Waals surface area contributed by atoms with Gasteiger partial charge in [-0.05, 0) is 43.4 Å². The highest BCUT2D eigenvalue weighted by molar-refractivity contribution is 5.74. The number of nitrogens with one attached hydrogen (secondary N) is 1. The highest BCUT2D eigenvalue weighted by atomic mass is 19.1. The fourth-order valence-electron chi connectivity index (χ4n) is 2.51. The number of urea groups is 1. The van der Waals surface area contributed by atoms with Crippen LogP contribution in [0.4, 0.5) is 9.18 Å². The molecule has 1 heterocycles. The van der Waals surface area contributed by atoms with Gasteiger partial charge in [0.25, 0.3) is 0 Å². The molecule has 2 atom stereocenters. The standard InChI is InChI=1S/C15H21FN2O/c1-11-5-4-8-18(10-11)15(19)17-12(2)13-6-3-7-14(16)9-13/h3,6-7,9,11-12H,4-5,8,10H2,1-2H3,(H,17,19). The maximum Gasteiger partial charge on any atom is 0.317 e. The molecule has 1 aliphatic rings. The first-order valence-corrected chi connectivity index (χ1v) is 6.87. The molecule has 4 heteroatoms. The lowest BCUT2D eigenvalue weighted by molar-refractivity contribution is 0.167. The largest absolute Gasteiger partial charge is 0.331 e. The molecule has 104 valence electrons. The van der Waals surface area contributed by atoms with Gasteiger partial charge in [-0.25, -0.2) is 9.18 Å². The van der Waals surface area contributed by atoms with E-state index in [1.54, 1.807) is 6.07 Å². The lowest BCUT2D eigenvalue weighted by Crippen LogP contribution is -2.45. The van der Waals surface area contributed by atoms with E-state index < -0.39 is 0 Å². The summed E-state index contributed by atoms with van der Waals surface area (Å²) in [6.07, 6.45) is 2.24. The van der Waals surface area contributed by atoms with Crippen molar-refractivity contribution in [2.75, 3.05) is 13.1 Å². The number of carbonyl (C=O) groups is 1. The molecule has 2 unspecified atom stereocenters. The Bertz CT molecular complexity index is 450. The van der Waals surface area contributed by atoms with E-state index in [0.717, 1.165) is 25.1 Å². The fraction of sp³-hybridized carbons (Fsp3) is 0.533. The molecule has 1 saturated heterocycles. The summed E-state index contributed by atoms with van der Waals surface area (Å²) in [6.45, 7) is 5.66. The lowest BCUT2D eigenvalue weighted by atomic mass is 10.0. The van der Waals surface area contributed by atoms with E-state index in [9.17, 15) is 9.18 Å². The molecule has 0 spiro atoms. The Balaban J connectivity index is 1.94. The van der Waals surface area contributed by atoms with E-state index in [1.165, 1.54) is 18.6 Å². The molecule has 19 heavy (non-hydrogen) atoms. The third kappa shape index (κ3) is 3.69. The van der Waals surface area contributed by atoms with Gasteiger partial charge in [0.1, 0.15) is 5.82 Å². The molecule has 0 aromatic heterocycles. The summed E-state index contributed by atoms with van der Waals surface area (Å²) in [4.78, 5) is 14.0. The van der Waals surface area contributed by atoms with E-state index in [-0.39, 0.29) is 17.9 Å². The first-order chi connectivity index (χ1) is 9.06. The second-order valence-electron chi connectivity index (χ2n) is 5.42. The third-order valence-corrected chi connectivity index (χ3v) is 3.63. The minimum absolute atomic E-state index is 0.0525. The van der Waals surface area contributed by atoms with Gasteiger partial charge < -0.3 is 10.2 Å². The van der Waals surface area contributed by atoms with Crippen molar-refractivity contribution < 1.29 is 9.18 Å². The van der Waals surface area contributed by atoms with Gasteiger partial charge in [0.05, 0.1) is 6.04 Å². The van der Waals surface area contributed by atoms with Gasteiger partial charge in [-0.1, -0.05) is 19.1 Å². The normalized spacial score (nSPS) is 21.0. The molecule has 1 N–H and O–H groups in total. The number of carbonyl (C=O) groups excluding carboxylic acids is 1. The average molecular weight is 264 g/mol. The molecule has 0 radical (unpaired) electrons. The quantitative estimate of drug-likeness (QED) is 0.873. The summed E-state index contributed by atoms with van der Waals surface area (Å²) < 4.78 is 13.1. The molecule has 3 nitrogen and oxygen atoms in total. The monoisotopic (exact) mass is 264 g/mol. The van der Waals surface area contributed by atoms with Crippen molar-refractivity contribution in [3.8, 4) is 0 Å². The van der Waals surface area contributed by atoms with Crippen LogP contribution < -0.4 is 5.32 Å². The maximum absolute atomic E-state index is 13.1. The summed E-state index contributed by atoms with van der Waals surface area (Å²) >= 11 is 0. The molecule has 1 aromatic carbocycles. The van der Waals surface area contributed by atoms with Crippen LogP contribution in [0.1, 0.15) is 38.3 Å². The van der Waals surface area contributed by atoms with Crippen LogP contribution in [0, 0.1) is 11.7 Å². The van der Waals surface area contributed by atoms with Gasteiger partial charge in [-0.2, -0.15) is 0 Å². The number of piperidine rings is 1. The number of hydrogen-bond donors (Lipinski definition) is 1. The Labute approximate surface area is 113 Å². The molecular formula is C15H21FN2O. The molecule has 1 fully saturated rings. The van der Waals surface area contributed by atoms with E-state index in [4.69, 9.17) is 0 Å². The summed E-state index contributed by atoms with van der Waals surface area (Å²) in [5.74, 6) is 0.286. The predicted octanol–water partition coefficient (Wildman–Crippen LogP) is 3.33. The highest BCUT2D eigenvalue weighted by Crippen LogP contribution is 2.17. The maximum atomic E-state index is 13.1. The minimum atomic E-state index is -0.273. The number of nitrogens with zero attached hydrogens (tertiary/aromatic N) is 1. The van der Waals surface area contributed by atoms with Gasteiger partial charge in [0, 0.05) is 13.1 Å². The smallest absolute Gasteiger partial charge is 0.317 e. The van der Waals surface area contributed by atoms with E-state index >= 15 is 0 Å². The molecule has 0 aliphatic carbocycles. The first kappa shape index (κ1) is 13.8. The Hall–Kier alpha value is -1.58. The lowest BCUT2D eigenvalue weighted by Gasteiger charge is -2.32. The van der Waals surface area contributed by atoms with Crippen molar-refractivity contribution in [1.29, 1.82) is 0 Å². The highest BCUT2D eigenvalue weighted by Gasteiger charge is 2.22. The van der Waals surface area contributed by atoms with Gasteiger partial charge >= 0.3 is 6.03 Å². The van der Waals surface area contributed by atoms with Gasteiger partial charge in [0.15, 0.2) is 0 Å². The van der Waals surface area contributed by atoms with Crippen LogP contribution in [0.5, 0.6) is 0 Å². The average Bonchev–Trinajstić information content (AvgIpc) is 2.38. The summed E-state index contributed by atoms with van der Waals surface area (Å²) in [5, 5.41) is 2.93. The molecule has 2 amide bonds. The van der Waals surface area contributed by atoms with Crippen LogP contribution in [-0.4, -0.2) is 24.0 Å². The molecule has 0 bridgehead atoms. The molecule has 0 saturated carbocycles. The SMILES string of the molecule is CC1CCCN(C(=O)NC(C)c2cccc(F)c2)C1. The molecular weight excluding hydrogens is 243 g/mol.